The van der Waals surface area contributed by atoms with E-state index in [1.54, 1.807) is 11.8 Å². The van der Waals surface area contributed by atoms with Gasteiger partial charge in [-0.2, -0.15) is 0 Å². The van der Waals surface area contributed by atoms with E-state index in [9.17, 15) is 9.59 Å². The second kappa shape index (κ2) is 16.1. The Bertz CT molecular complexity index is 692. The zero-order valence-corrected chi connectivity index (χ0v) is 21.9. The van der Waals surface area contributed by atoms with Gasteiger partial charge in [0.05, 0.1) is 18.1 Å². The number of thioether (sulfide) groups is 1. The van der Waals surface area contributed by atoms with Gasteiger partial charge in [0.2, 0.25) is 5.91 Å². The minimum atomic E-state index is -0.116. The molecular formula is C26H44N2O3S. The van der Waals surface area contributed by atoms with Crippen LogP contribution in [0.3, 0.4) is 0 Å². The fraction of sp³-hybridized carbons (Fsp3) is 0.731. The van der Waals surface area contributed by atoms with Crippen LogP contribution >= 0.6 is 11.8 Å². The van der Waals surface area contributed by atoms with E-state index >= 15 is 0 Å². The van der Waals surface area contributed by atoms with E-state index in [2.05, 4.69) is 19.9 Å². The summed E-state index contributed by atoms with van der Waals surface area (Å²) in [5, 5.41) is 0.950. The van der Waals surface area contributed by atoms with Crippen molar-refractivity contribution in [1.29, 1.82) is 0 Å². The molecule has 0 aromatic carbocycles. The van der Waals surface area contributed by atoms with E-state index in [4.69, 9.17) is 9.72 Å². The molecule has 3 rings (SSSR count). The third kappa shape index (κ3) is 9.51. The molecule has 1 aliphatic heterocycles. The van der Waals surface area contributed by atoms with Crippen LogP contribution in [0.25, 0.3) is 0 Å². The predicted molar refractivity (Wildman–Crippen MR) is 134 cm³/mol. The Balaban J connectivity index is 0.00000121. The SMILES string of the molecule is CC.CC.CCCC(CC)COC(=O)CCSc1ccc2c(n1)CCN(C(=O)C1CC1)C2. The molecular weight excluding hydrogens is 420 g/mol. The fourth-order valence-electron chi connectivity index (χ4n) is 3.59. The van der Waals surface area contributed by atoms with Gasteiger partial charge < -0.3 is 9.64 Å². The third-order valence-corrected chi connectivity index (χ3v) is 6.50. The first-order chi connectivity index (χ1) is 15.6. The van der Waals surface area contributed by atoms with Gasteiger partial charge in [0.15, 0.2) is 0 Å². The normalized spacial score (nSPS) is 15.4. The van der Waals surface area contributed by atoms with Gasteiger partial charge in [-0.15, -0.1) is 11.8 Å². The first-order valence-electron chi connectivity index (χ1n) is 12.7. The van der Waals surface area contributed by atoms with Crippen molar-refractivity contribution in [3.8, 4) is 0 Å². The Kier molecular flexibility index (Phi) is 14.3. The summed E-state index contributed by atoms with van der Waals surface area (Å²) >= 11 is 1.60. The number of aromatic nitrogens is 1. The number of fused-ring (bicyclic) bond motifs is 1. The predicted octanol–water partition coefficient (Wildman–Crippen LogP) is 6.28. The molecule has 182 valence electrons. The zero-order valence-electron chi connectivity index (χ0n) is 21.1. The summed E-state index contributed by atoms with van der Waals surface area (Å²) in [5.74, 6) is 1.64. The maximum atomic E-state index is 12.3. The van der Waals surface area contributed by atoms with Crippen LogP contribution in [0.5, 0.6) is 0 Å². The number of carbonyl (C=O) groups excluding carboxylic acids is 2. The molecule has 2 aliphatic rings. The monoisotopic (exact) mass is 464 g/mol. The van der Waals surface area contributed by atoms with Crippen molar-refractivity contribution >= 4 is 23.6 Å². The number of carbonyl (C=O) groups is 2. The number of rotatable bonds is 10. The molecule has 1 saturated carbocycles. The van der Waals surface area contributed by atoms with E-state index < -0.39 is 0 Å². The highest BCUT2D eigenvalue weighted by atomic mass is 32.2. The average Bonchev–Trinajstić information content (AvgIpc) is 3.69. The van der Waals surface area contributed by atoms with Gasteiger partial charge in [0, 0.05) is 36.9 Å². The highest BCUT2D eigenvalue weighted by Gasteiger charge is 2.34. The van der Waals surface area contributed by atoms with Crippen molar-refractivity contribution in [3.05, 3.63) is 23.4 Å². The molecule has 5 nitrogen and oxygen atoms in total. The van der Waals surface area contributed by atoms with Gasteiger partial charge in [0.1, 0.15) is 0 Å². The van der Waals surface area contributed by atoms with Crippen LogP contribution in [-0.2, 0) is 27.3 Å². The number of amides is 1. The van der Waals surface area contributed by atoms with Crippen LogP contribution < -0.4 is 0 Å². The highest BCUT2D eigenvalue weighted by molar-refractivity contribution is 7.99. The summed E-state index contributed by atoms with van der Waals surface area (Å²) in [7, 11) is 0. The number of hydrogen-bond acceptors (Lipinski definition) is 5. The Labute approximate surface area is 200 Å². The molecule has 1 aromatic heterocycles. The molecule has 0 radical (unpaired) electrons. The number of esters is 1. The van der Waals surface area contributed by atoms with E-state index in [0.29, 0.717) is 37.2 Å². The lowest BCUT2D eigenvalue weighted by atomic mass is 10.0. The van der Waals surface area contributed by atoms with Crippen molar-refractivity contribution in [2.24, 2.45) is 11.8 Å². The van der Waals surface area contributed by atoms with Gasteiger partial charge in [-0.1, -0.05) is 60.5 Å². The average molecular weight is 465 g/mol. The molecule has 1 amide bonds. The summed E-state index contributed by atoms with van der Waals surface area (Å²) in [6.45, 7) is 14.3. The lowest BCUT2D eigenvalue weighted by molar-refractivity contribution is -0.144. The second-order valence-corrected chi connectivity index (χ2v) is 9.00. The molecule has 0 spiro atoms. The lowest BCUT2D eigenvalue weighted by Crippen LogP contribution is -2.37. The molecule has 1 unspecified atom stereocenters. The van der Waals surface area contributed by atoms with Crippen LogP contribution in [-0.4, -0.2) is 40.7 Å². The van der Waals surface area contributed by atoms with E-state index in [0.717, 1.165) is 61.4 Å². The van der Waals surface area contributed by atoms with E-state index in [1.807, 2.05) is 38.7 Å². The molecule has 0 saturated heterocycles. The molecule has 0 N–H and O–H groups in total. The zero-order chi connectivity index (χ0) is 23.9. The standard InChI is InChI=1S/C22H32N2O3S.2C2H6/c1-3-5-16(4-2)15-27-21(25)11-13-28-20-9-8-18-14-24(12-10-19(18)23-20)22(26)17-6-7-17;2*1-2/h8-9,16-17H,3-7,10-15H2,1-2H3;2*1-2H3. The van der Waals surface area contributed by atoms with Crippen molar-refractivity contribution in [3.63, 3.8) is 0 Å². The maximum absolute atomic E-state index is 12.3. The van der Waals surface area contributed by atoms with Gasteiger partial charge >= 0.3 is 5.97 Å². The number of pyridine rings is 1. The quantitative estimate of drug-likeness (QED) is 0.301. The van der Waals surface area contributed by atoms with Crippen LogP contribution in [0.1, 0.15) is 91.3 Å². The second-order valence-electron chi connectivity index (χ2n) is 7.88. The minimum absolute atomic E-state index is 0.116. The Morgan fingerprint density at radius 2 is 1.91 bits per heavy atom. The van der Waals surface area contributed by atoms with Crippen LogP contribution in [0.2, 0.25) is 0 Å². The van der Waals surface area contributed by atoms with Gasteiger partial charge in [0.25, 0.3) is 0 Å². The lowest BCUT2D eigenvalue weighted by Gasteiger charge is -2.28. The van der Waals surface area contributed by atoms with Gasteiger partial charge in [-0.05, 0) is 36.8 Å². The largest absolute Gasteiger partial charge is 0.465 e. The minimum Gasteiger partial charge on any atom is -0.465 e. The maximum Gasteiger partial charge on any atom is 0.306 e. The smallest absolute Gasteiger partial charge is 0.306 e. The van der Waals surface area contributed by atoms with Gasteiger partial charge in [-0.25, -0.2) is 4.98 Å². The summed E-state index contributed by atoms with van der Waals surface area (Å²) in [6, 6.07) is 4.10. The molecule has 6 heteroatoms. The molecule has 32 heavy (non-hydrogen) atoms. The fourth-order valence-corrected chi connectivity index (χ4v) is 4.41. The molecule has 1 aliphatic carbocycles. The third-order valence-electron chi connectivity index (χ3n) is 5.57. The summed E-state index contributed by atoms with van der Waals surface area (Å²) in [4.78, 5) is 30.9. The van der Waals surface area contributed by atoms with Crippen LogP contribution in [0, 0.1) is 11.8 Å². The molecule has 0 bridgehead atoms. The van der Waals surface area contributed by atoms with Crippen LogP contribution in [0.15, 0.2) is 17.2 Å². The van der Waals surface area contributed by atoms with Gasteiger partial charge in [-0.3, -0.25) is 9.59 Å². The Hall–Kier alpha value is -1.56. The Morgan fingerprint density at radius 1 is 1.19 bits per heavy atom. The first-order valence-corrected chi connectivity index (χ1v) is 13.6. The molecule has 1 fully saturated rings. The van der Waals surface area contributed by atoms with Crippen molar-refractivity contribution < 1.29 is 14.3 Å². The number of nitrogens with zero attached hydrogens (tertiary/aromatic N) is 2. The number of ether oxygens (including phenoxy) is 1. The first kappa shape index (κ1) is 28.5. The van der Waals surface area contributed by atoms with Crippen molar-refractivity contribution in [1.82, 2.24) is 9.88 Å². The van der Waals surface area contributed by atoms with Crippen LogP contribution in [0.4, 0.5) is 0 Å². The van der Waals surface area contributed by atoms with E-state index in [-0.39, 0.29) is 11.9 Å². The summed E-state index contributed by atoms with van der Waals surface area (Å²) < 4.78 is 5.42. The van der Waals surface area contributed by atoms with Crippen molar-refractivity contribution in [2.75, 3.05) is 18.9 Å². The molecule has 1 atom stereocenters. The van der Waals surface area contributed by atoms with E-state index in [1.165, 1.54) is 0 Å². The molecule has 1 aromatic rings. The van der Waals surface area contributed by atoms with Crippen molar-refractivity contribution in [2.45, 2.75) is 98.1 Å². The highest BCUT2D eigenvalue weighted by Crippen LogP contribution is 2.33. The number of hydrogen-bond donors (Lipinski definition) is 0. The summed E-state index contributed by atoms with van der Waals surface area (Å²) in [6.07, 6.45) is 6.63. The topological polar surface area (TPSA) is 59.5 Å². The summed E-state index contributed by atoms with van der Waals surface area (Å²) in [5.41, 5.74) is 2.25. The molecule has 2 heterocycles. The Morgan fingerprint density at radius 3 is 2.53 bits per heavy atom.